The van der Waals surface area contributed by atoms with Gasteiger partial charge in [0.25, 0.3) is 0 Å². The van der Waals surface area contributed by atoms with Crippen molar-refractivity contribution in [2.45, 2.75) is 14.3 Å². The van der Waals surface area contributed by atoms with E-state index in [1.165, 1.54) is 3.58 Å². The Morgan fingerprint density at radius 1 is 1.60 bits per heavy atom. The van der Waals surface area contributed by atoms with Crippen LogP contribution in [-0.2, 0) is 0 Å². The van der Waals surface area contributed by atoms with Gasteiger partial charge in [0, 0.05) is 3.58 Å². The molecule has 0 aromatic rings. The van der Waals surface area contributed by atoms with E-state index in [1.807, 2.05) is 0 Å². The van der Waals surface area contributed by atoms with Gasteiger partial charge in [0.15, 0.2) is 0 Å². The lowest BCUT2D eigenvalue weighted by molar-refractivity contribution is 0.872. The van der Waals surface area contributed by atoms with Crippen molar-refractivity contribution in [3.05, 3.63) is 21.8 Å². The number of alkyl halides is 2. The highest BCUT2D eigenvalue weighted by Crippen LogP contribution is 2.39. The van der Waals surface area contributed by atoms with Crippen LogP contribution in [0.5, 0.6) is 0 Å². The molecule has 1 aliphatic rings. The van der Waals surface area contributed by atoms with Gasteiger partial charge in [-0.2, -0.15) is 0 Å². The van der Waals surface area contributed by atoms with Crippen LogP contribution in [0.2, 0.25) is 0 Å². The molecule has 0 heterocycles. The topological polar surface area (TPSA) is 0 Å². The van der Waals surface area contributed by atoms with Crippen molar-refractivity contribution in [3.8, 4) is 0 Å². The minimum absolute atomic E-state index is 0.309. The van der Waals surface area contributed by atoms with E-state index in [1.54, 1.807) is 0 Å². The molecular formula is C7H7I3. The first-order valence-corrected chi connectivity index (χ1v) is 6.32. The predicted molar refractivity (Wildman–Crippen MR) is 71.5 cm³/mol. The molecule has 10 heavy (non-hydrogen) atoms. The van der Waals surface area contributed by atoms with E-state index in [0.29, 0.717) is 7.35 Å². The highest BCUT2D eigenvalue weighted by Gasteiger charge is 2.29. The van der Waals surface area contributed by atoms with E-state index < -0.39 is 0 Å². The van der Waals surface area contributed by atoms with Crippen LogP contribution in [0.15, 0.2) is 21.8 Å². The maximum Gasteiger partial charge on any atom is 0.0595 e. The summed E-state index contributed by atoms with van der Waals surface area (Å²) < 4.78 is 2.39. The lowest BCUT2D eigenvalue weighted by atomic mass is 10.0. The van der Waals surface area contributed by atoms with Crippen LogP contribution < -0.4 is 0 Å². The lowest BCUT2D eigenvalue weighted by Crippen LogP contribution is -2.27. The predicted octanol–water partition coefficient (Wildman–Crippen LogP) is 3.87. The van der Waals surface area contributed by atoms with E-state index >= 15 is 0 Å². The summed E-state index contributed by atoms with van der Waals surface area (Å²) in [5.41, 5.74) is 0. The highest BCUT2D eigenvalue weighted by molar-refractivity contribution is 14.1. The Labute approximate surface area is 102 Å². The standard InChI is InChI=1S/C7H7I3/c1-7(10)4-2-3-5(8)6(7)9/h2-4,6H,1H3. The smallest absolute Gasteiger partial charge is 0.0595 e. The number of halogens is 3. The summed E-state index contributed by atoms with van der Waals surface area (Å²) in [4.78, 5) is 0. The van der Waals surface area contributed by atoms with Gasteiger partial charge in [-0.25, -0.2) is 0 Å². The molecule has 0 aromatic carbocycles. The molecule has 0 bridgehead atoms. The Morgan fingerprint density at radius 3 is 2.60 bits per heavy atom. The zero-order chi connectivity index (χ0) is 7.78. The fraction of sp³-hybridized carbons (Fsp3) is 0.429. The van der Waals surface area contributed by atoms with E-state index in [4.69, 9.17) is 0 Å². The zero-order valence-corrected chi connectivity index (χ0v) is 11.9. The van der Waals surface area contributed by atoms with E-state index in [2.05, 4.69) is 92.9 Å². The molecule has 1 rings (SSSR count). The molecule has 0 aliphatic heterocycles. The fourth-order valence-corrected chi connectivity index (χ4v) is 3.18. The Balaban J connectivity index is 2.89. The molecule has 56 valence electrons. The molecule has 2 unspecified atom stereocenters. The van der Waals surface area contributed by atoms with Gasteiger partial charge < -0.3 is 0 Å². The molecule has 0 nitrogen and oxygen atoms in total. The van der Waals surface area contributed by atoms with Crippen molar-refractivity contribution >= 4 is 67.8 Å². The molecular weight excluding hydrogens is 465 g/mol. The van der Waals surface area contributed by atoms with Crippen LogP contribution in [-0.4, -0.2) is 7.35 Å². The van der Waals surface area contributed by atoms with E-state index in [0.717, 1.165) is 0 Å². The zero-order valence-electron chi connectivity index (χ0n) is 5.44. The molecule has 0 saturated heterocycles. The van der Waals surface area contributed by atoms with Crippen LogP contribution >= 0.6 is 67.8 Å². The van der Waals surface area contributed by atoms with Gasteiger partial charge in [-0.1, -0.05) is 63.4 Å². The summed E-state index contributed by atoms with van der Waals surface area (Å²) in [7, 11) is 0. The molecule has 1 aliphatic carbocycles. The molecule has 0 spiro atoms. The van der Waals surface area contributed by atoms with Gasteiger partial charge in [-0.3, -0.25) is 0 Å². The maximum atomic E-state index is 2.49. The second kappa shape index (κ2) is 3.59. The average Bonchev–Trinajstić information content (AvgIpc) is 1.83. The largest absolute Gasteiger partial charge is 0.0751 e. The van der Waals surface area contributed by atoms with Crippen molar-refractivity contribution in [2.75, 3.05) is 0 Å². The molecule has 0 aromatic heterocycles. The summed E-state index contributed by atoms with van der Waals surface area (Å²) in [6.07, 6.45) is 6.58. The van der Waals surface area contributed by atoms with Crippen molar-refractivity contribution < 1.29 is 0 Å². The van der Waals surface area contributed by atoms with Crippen molar-refractivity contribution in [1.29, 1.82) is 0 Å². The summed E-state index contributed by atoms with van der Waals surface area (Å²) >= 11 is 7.39. The minimum atomic E-state index is 0.309. The highest BCUT2D eigenvalue weighted by atomic mass is 127. The van der Waals surface area contributed by atoms with Gasteiger partial charge in [-0.15, -0.1) is 0 Å². The average molecular weight is 472 g/mol. The molecule has 0 radical (unpaired) electrons. The van der Waals surface area contributed by atoms with Crippen molar-refractivity contribution in [1.82, 2.24) is 0 Å². The van der Waals surface area contributed by atoms with Gasteiger partial charge in [0.2, 0.25) is 0 Å². The second-order valence-corrected chi connectivity index (χ2v) is 7.24. The van der Waals surface area contributed by atoms with Gasteiger partial charge in [0.1, 0.15) is 0 Å². The number of allylic oxidation sites excluding steroid dienone is 4. The summed E-state index contributed by atoms with van der Waals surface area (Å²) in [5.74, 6) is 0. The lowest BCUT2D eigenvalue weighted by Gasteiger charge is -2.27. The van der Waals surface area contributed by atoms with E-state index in [9.17, 15) is 0 Å². The van der Waals surface area contributed by atoms with Gasteiger partial charge >= 0.3 is 0 Å². The summed E-state index contributed by atoms with van der Waals surface area (Å²) in [6, 6.07) is 0. The monoisotopic (exact) mass is 472 g/mol. The SMILES string of the molecule is CC1(I)C=CC=C(I)C1I. The maximum absolute atomic E-state index is 2.49. The number of hydrogen-bond acceptors (Lipinski definition) is 0. The van der Waals surface area contributed by atoms with E-state index in [-0.39, 0.29) is 0 Å². The van der Waals surface area contributed by atoms with Gasteiger partial charge in [0.05, 0.1) is 7.35 Å². The quantitative estimate of drug-likeness (QED) is 0.372. The minimum Gasteiger partial charge on any atom is -0.0751 e. The first-order valence-electron chi connectivity index (χ1n) is 2.92. The third-order valence-electron chi connectivity index (χ3n) is 1.42. The van der Waals surface area contributed by atoms with Crippen LogP contribution in [0.3, 0.4) is 0 Å². The van der Waals surface area contributed by atoms with Crippen LogP contribution in [0.4, 0.5) is 0 Å². The number of rotatable bonds is 0. The third-order valence-corrected chi connectivity index (χ3v) is 7.73. The third kappa shape index (κ3) is 2.09. The summed E-state index contributed by atoms with van der Waals surface area (Å²) in [5, 5.41) is 0. The first-order chi connectivity index (χ1) is 4.54. The van der Waals surface area contributed by atoms with Crippen molar-refractivity contribution in [3.63, 3.8) is 0 Å². The molecule has 0 N–H and O–H groups in total. The molecule has 2 atom stereocenters. The Morgan fingerprint density at radius 2 is 2.20 bits per heavy atom. The van der Waals surface area contributed by atoms with Gasteiger partial charge in [-0.05, 0) is 29.5 Å². The fourth-order valence-electron chi connectivity index (χ4n) is 0.767. The number of hydrogen-bond donors (Lipinski definition) is 0. The first kappa shape index (κ1) is 9.76. The molecule has 3 heteroatoms. The molecule has 0 fully saturated rings. The molecule has 0 saturated carbocycles. The normalized spacial score (nSPS) is 39.6. The summed E-state index contributed by atoms with van der Waals surface area (Å²) in [6.45, 7) is 2.26. The van der Waals surface area contributed by atoms with Crippen molar-refractivity contribution in [2.24, 2.45) is 0 Å². The second-order valence-electron chi connectivity index (χ2n) is 2.42. The Bertz CT molecular complexity index is 191. The molecule has 0 amide bonds. The van der Waals surface area contributed by atoms with Crippen LogP contribution in [0.25, 0.3) is 0 Å². The Kier molecular flexibility index (Phi) is 3.50. The Hall–Kier alpha value is 1.67. The van der Waals surface area contributed by atoms with Crippen LogP contribution in [0, 0.1) is 0 Å². The van der Waals surface area contributed by atoms with Crippen LogP contribution in [0.1, 0.15) is 6.92 Å².